The number of piperazine rings is 1. The molecule has 1 aromatic carbocycles. The minimum absolute atomic E-state index is 0.0138. The maximum Gasteiger partial charge on any atom is 0.323 e. The highest BCUT2D eigenvalue weighted by molar-refractivity contribution is 7.89. The van der Waals surface area contributed by atoms with E-state index in [-0.39, 0.29) is 17.9 Å². The lowest BCUT2D eigenvalue weighted by Crippen LogP contribution is -2.50. The SMILES string of the molecule is COc1cccc2c1nc(C)n2-c1nc(OC2CCN(S(=O)(=O)CCN3CCN(S(C)(=O)=O)CC3)CC2)nc(N2CCOCC2)n1. The molecule has 3 aliphatic heterocycles. The molecule has 18 heteroatoms. The number of piperidine rings is 1. The molecule has 0 atom stereocenters. The average molecular weight is 680 g/mol. The Bertz CT molecular complexity index is 1750. The van der Waals surface area contributed by atoms with E-state index in [0.717, 1.165) is 5.52 Å². The molecule has 252 valence electrons. The van der Waals surface area contributed by atoms with Gasteiger partial charge in [-0.05, 0) is 31.9 Å². The number of rotatable bonds is 10. The van der Waals surface area contributed by atoms with Gasteiger partial charge in [-0.2, -0.15) is 19.3 Å². The third-order valence-electron chi connectivity index (χ3n) is 8.65. The van der Waals surface area contributed by atoms with Crippen LogP contribution in [0.5, 0.6) is 11.8 Å². The van der Waals surface area contributed by atoms with Crippen molar-refractivity contribution in [3.8, 4) is 17.7 Å². The summed E-state index contributed by atoms with van der Waals surface area (Å²) in [5.74, 6) is 2.16. The average Bonchev–Trinajstić information content (AvgIpc) is 3.40. The van der Waals surface area contributed by atoms with Crippen LogP contribution in [0.4, 0.5) is 5.95 Å². The molecule has 2 aromatic heterocycles. The standard InChI is InChI=1S/C28H41N9O7S2/c1-21-29-25-23(5-4-6-24(25)42-2)37(21)27-30-26(34-15-18-43-19-16-34)31-28(32-27)44-22-7-9-36(10-8-22)46(40,41)20-17-33-11-13-35(14-12-33)45(3,38)39/h4-6,22H,7-20H2,1-3H3. The van der Waals surface area contributed by atoms with Gasteiger partial charge in [0, 0.05) is 58.9 Å². The molecule has 3 saturated heterocycles. The van der Waals surface area contributed by atoms with Gasteiger partial charge in [0.15, 0.2) is 0 Å². The molecule has 0 N–H and O–H groups in total. The number of imidazole rings is 1. The molecular formula is C28H41N9O7S2. The van der Waals surface area contributed by atoms with E-state index in [4.69, 9.17) is 29.2 Å². The Hall–Kier alpha value is -3.16. The molecule has 0 saturated carbocycles. The first-order valence-electron chi connectivity index (χ1n) is 15.4. The number of aromatic nitrogens is 5. The summed E-state index contributed by atoms with van der Waals surface area (Å²) in [6.07, 6.45) is 1.90. The second-order valence-electron chi connectivity index (χ2n) is 11.7. The van der Waals surface area contributed by atoms with Gasteiger partial charge < -0.3 is 19.1 Å². The summed E-state index contributed by atoms with van der Waals surface area (Å²) in [6, 6.07) is 5.85. The van der Waals surface area contributed by atoms with Crippen molar-refractivity contribution in [1.29, 1.82) is 0 Å². The molecule has 3 fully saturated rings. The molecule has 0 amide bonds. The predicted molar refractivity (Wildman–Crippen MR) is 171 cm³/mol. The summed E-state index contributed by atoms with van der Waals surface area (Å²) in [5, 5.41) is 0. The van der Waals surface area contributed by atoms with Crippen LogP contribution in [0.3, 0.4) is 0 Å². The lowest BCUT2D eigenvalue weighted by Gasteiger charge is -2.34. The van der Waals surface area contributed by atoms with Crippen LogP contribution >= 0.6 is 0 Å². The minimum Gasteiger partial charge on any atom is -0.494 e. The number of ether oxygens (including phenoxy) is 3. The number of hydrogen-bond acceptors (Lipinski definition) is 13. The van der Waals surface area contributed by atoms with E-state index in [9.17, 15) is 16.8 Å². The van der Waals surface area contributed by atoms with Crippen molar-refractivity contribution in [2.24, 2.45) is 0 Å². The van der Waals surface area contributed by atoms with Gasteiger partial charge in [0.2, 0.25) is 31.9 Å². The minimum atomic E-state index is -3.49. The van der Waals surface area contributed by atoms with Crippen molar-refractivity contribution in [2.75, 3.05) is 96.1 Å². The monoisotopic (exact) mass is 679 g/mol. The smallest absolute Gasteiger partial charge is 0.323 e. The predicted octanol–water partition coefficient (Wildman–Crippen LogP) is 0.114. The van der Waals surface area contributed by atoms with E-state index >= 15 is 0 Å². The summed E-state index contributed by atoms with van der Waals surface area (Å²) < 4.78 is 72.1. The van der Waals surface area contributed by atoms with E-state index in [1.54, 1.807) is 7.11 Å². The molecule has 0 bridgehead atoms. The van der Waals surface area contributed by atoms with Crippen LogP contribution in [-0.2, 0) is 24.8 Å². The van der Waals surface area contributed by atoms with Crippen LogP contribution in [0.25, 0.3) is 17.0 Å². The van der Waals surface area contributed by atoms with Gasteiger partial charge in [0.05, 0.1) is 37.8 Å². The summed E-state index contributed by atoms with van der Waals surface area (Å²) in [7, 11) is -5.11. The van der Waals surface area contributed by atoms with Gasteiger partial charge in [-0.1, -0.05) is 6.07 Å². The molecule has 0 spiro atoms. The van der Waals surface area contributed by atoms with Crippen molar-refractivity contribution < 1.29 is 31.0 Å². The quantitative estimate of drug-likeness (QED) is 0.284. The molecule has 46 heavy (non-hydrogen) atoms. The van der Waals surface area contributed by atoms with Crippen LogP contribution in [0.2, 0.25) is 0 Å². The molecule has 0 unspecified atom stereocenters. The summed E-state index contributed by atoms with van der Waals surface area (Å²) in [4.78, 5) is 22.9. The Morgan fingerprint density at radius 1 is 0.870 bits per heavy atom. The van der Waals surface area contributed by atoms with E-state index < -0.39 is 20.0 Å². The number of anilines is 1. The van der Waals surface area contributed by atoms with Crippen LogP contribution in [0, 0.1) is 6.92 Å². The van der Waals surface area contributed by atoms with Gasteiger partial charge in [-0.25, -0.2) is 26.1 Å². The van der Waals surface area contributed by atoms with Crippen molar-refractivity contribution in [1.82, 2.24) is 38.0 Å². The third kappa shape index (κ3) is 7.21. The number of hydrogen-bond donors (Lipinski definition) is 0. The van der Waals surface area contributed by atoms with Gasteiger partial charge in [0.25, 0.3) is 0 Å². The lowest BCUT2D eigenvalue weighted by molar-refractivity contribution is 0.118. The molecule has 3 aromatic rings. The molecular weight excluding hydrogens is 638 g/mol. The Balaban J connectivity index is 1.13. The molecule has 0 radical (unpaired) electrons. The number of fused-ring (bicyclic) bond motifs is 1. The van der Waals surface area contributed by atoms with E-state index in [1.165, 1.54) is 14.9 Å². The Morgan fingerprint density at radius 2 is 1.57 bits per heavy atom. The third-order valence-corrected chi connectivity index (χ3v) is 11.8. The van der Waals surface area contributed by atoms with Crippen molar-refractivity contribution >= 4 is 37.0 Å². The molecule has 3 aliphatic rings. The van der Waals surface area contributed by atoms with Crippen LogP contribution < -0.4 is 14.4 Å². The number of morpholine rings is 1. The van der Waals surface area contributed by atoms with Crippen molar-refractivity contribution in [3.63, 3.8) is 0 Å². The highest BCUT2D eigenvalue weighted by Crippen LogP contribution is 2.29. The number of para-hydroxylation sites is 1. The second kappa shape index (κ2) is 13.5. The molecule has 16 nitrogen and oxygen atoms in total. The zero-order valence-corrected chi connectivity index (χ0v) is 28.0. The number of benzene rings is 1. The maximum atomic E-state index is 13.2. The molecule has 0 aliphatic carbocycles. The summed E-state index contributed by atoms with van der Waals surface area (Å²) in [5.41, 5.74) is 1.49. The Kier molecular flexibility index (Phi) is 9.63. The number of methoxy groups -OCH3 is 1. The first kappa shape index (κ1) is 32.8. The van der Waals surface area contributed by atoms with Crippen LogP contribution in [0.15, 0.2) is 18.2 Å². The first-order valence-corrected chi connectivity index (χ1v) is 18.9. The van der Waals surface area contributed by atoms with E-state index in [0.29, 0.717) is 114 Å². The highest BCUT2D eigenvalue weighted by atomic mass is 32.2. The van der Waals surface area contributed by atoms with Gasteiger partial charge in [-0.15, -0.1) is 0 Å². The molecule has 6 rings (SSSR count). The summed E-state index contributed by atoms with van der Waals surface area (Å²) >= 11 is 0. The van der Waals surface area contributed by atoms with Gasteiger partial charge >= 0.3 is 6.01 Å². The van der Waals surface area contributed by atoms with Crippen molar-refractivity contribution in [2.45, 2.75) is 25.9 Å². The Morgan fingerprint density at radius 3 is 2.24 bits per heavy atom. The Labute approximate surface area is 269 Å². The zero-order valence-electron chi connectivity index (χ0n) is 26.4. The molecule has 5 heterocycles. The fourth-order valence-electron chi connectivity index (χ4n) is 6.04. The number of aryl methyl sites for hydroxylation is 1. The van der Waals surface area contributed by atoms with E-state index in [1.807, 2.05) is 39.5 Å². The number of nitrogens with zero attached hydrogens (tertiary/aromatic N) is 9. The highest BCUT2D eigenvalue weighted by Gasteiger charge is 2.31. The van der Waals surface area contributed by atoms with Crippen molar-refractivity contribution in [3.05, 3.63) is 24.0 Å². The normalized spacial score (nSPS) is 19.9. The van der Waals surface area contributed by atoms with E-state index in [2.05, 4.69) is 4.98 Å². The number of sulfonamides is 2. The largest absolute Gasteiger partial charge is 0.494 e. The lowest BCUT2D eigenvalue weighted by atomic mass is 10.1. The van der Waals surface area contributed by atoms with Gasteiger partial charge in [0.1, 0.15) is 23.2 Å². The fourth-order valence-corrected chi connectivity index (χ4v) is 8.38. The zero-order chi connectivity index (χ0) is 32.5. The second-order valence-corrected chi connectivity index (χ2v) is 15.7. The fraction of sp³-hybridized carbons (Fsp3) is 0.643. The first-order chi connectivity index (χ1) is 22.0. The summed E-state index contributed by atoms with van der Waals surface area (Å²) in [6.45, 7) is 7.05. The topological polar surface area (TPSA) is 165 Å². The van der Waals surface area contributed by atoms with Crippen LogP contribution in [-0.4, -0.2) is 152 Å². The van der Waals surface area contributed by atoms with Gasteiger partial charge in [-0.3, -0.25) is 9.47 Å². The van der Waals surface area contributed by atoms with Crippen LogP contribution in [0.1, 0.15) is 18.7 Å². The maximum absolute atomic E-state index is 13.2.